The minimum atomic E-state index is -3.89. The van der Waals surface area contributed by atoms with Gasteiger partial charge in [0, 0.05) is 31.9 Å². The van der Waals surface area contributed by atoms with Crippen molar-refractivity contribution in [2.24, 2.45) is 0 Å². The highest BCUT2D eigenvalue weighted by Gasteiger charge is 2.21. The van der Waals surface area contributed by atoms with Gasteiger partial charge in [0.15, 0.2) is 0 Å². The van der Waals surface area contributed by atoms with Gasteiger partial charge < -0.3 is 5.32 Å². The van der Waals surface area contributed by atoms with E-state index in [4.69, 9.17) is 34.8 Å². The number of amides is 1. The Morgan fingerprint density at radius 3 is 1.93 bits per heavy atom. The lowest BCUT2D eigenvalue weighted by atomic mass is 10.1. The molecule has 1 amide bonds. The van der Waals surface area contributed by atoms with Crippen molar-refractivity contribution in [3.05, 3.63) is 117 Å². The molecule has 0 atom stereocenters. The summed E-state index contributed by atoms with van der Waals surface area (Å²) < 4.78 is 54.4. The molecule has 4 aromatic rings. The highest BCUT2D eigenvalue weighted by atomic mass is 35.5. The topological polar surface area (TPSA) is 113 Å². The van der Waals surface area contributed by atoms with Crippen molar-refractivity contribution in [1.82, 2.24) is 0 Å². The van der Waals surface area contributed by atoms with Crippen LogP contribution in [0, 0.1) is 6.92 Å². The van der Waals surface area contributed by atoms with Crippen molar-refractivity contribution in [2.45, 2.75) is 18.4 Å². The van der Waals surface area contributed by atoms with Crippen molar-refractivity contribution < 1.29 is 21.6 Å². The smallest absolute Gasteiger partial charge is 0.261 e. The van der Waals surface area contributed by atoms with Gasteiger partial charge in [-0.2, -0.15) is 0 Å². The average Bonchev–Trinajstić information content (AvgIpc) is 2.91. The van der Waals surface area contributed by atoms with Crippen molar-refractivity contribution in [3.8, 4) is 0 Å². The Bertz CT molecular complexity index is 1790. The third-order valence-corrected chi connectivity index (χ3v) is 9.76. The zero-order chi connectivity index (χ0) is 29.9. The van der Waals surface area contributed by atoms with E-state index >= 15 is 0 Å². The van der Waals surface area contributed by atoms with Gasteiger partial charge in [0.1, 0.15) is 0 Å². The van der Waals surface area contributed by atoms with E-state index in [1.54, 1.807) is 43.3 Å². The number of carbonyl (C=O) groups excluding carboxylic acids is 1. The molecule has 13 heteroatoms. The van der Waals surface area contributed by atoms with Gasteiger partial charge >= 0.3 is 0 Å². The fraction of sp³-hybridized carbons (Fsp3) is 0.107. The first kappa shape index (κ1) is 30.7. The number of halogens is 3. The Labute approximate surface area is 254 Å². The Hall–Kier alpha value is -3.28. The number of rotatable bonds is 9. The first-order valence-electron chi connectivity index (χ1n) is 12.0. The Balaban J connectivity index is 1.47. The summed E-state index contributed by atoms with van der Waals surface area (Å²) in [7, 11) is -7.61. The van der Waals surface area contributed by atoms with E-state index in [0.29, 0.717) is 43.3 Å². The maximum Gasteiger partial charge on any atom is 0.261 e. The largest absolute Gasteiger partial charge is 0.322 e. The molecule has 0 aliphatic rings. The lowest BCUT2D eigenvalue weighted by molar-refractivity contribution is 0.102. The van der Waals surface area contributed by atoms with Crippen molar-refractivity contribution in [3.63, 3.8) is 0 Å². The molecule has 0 saturated heterocycles. The molecule has 41 heavy (non-hydrogen) atoms. The lowest BCUT2D eigenvalue weighted by Crippen LogP contribution is -2.29. The molecule has 0 unspecified atom stereocenters. The second-order valence-corrected chi connectivity index (χ2v) is 13.8. The molecule has 214 valence electrons. The molecule has 0 bridgehead atoms. The predicted molar refractivity (Wildman–Crippen MR) is 165 cm³/mol. The van der Waals surface area contributed by atoms with E-state index in [1.165, 1.54) is 48.5 Å². The predicted octanol–water partition coefficient (Wildman–Crippen LogP) is 6.97. The summed E-state index contributed by atoms with van der Waals surface area (Å²) in [6.07, 6.45) is 1.06. The second kappa shape index (κ2) is 12.3. The Morgan fingerprint density at radius 1 is 0.780 bits per heavy atom. The zero-order valence-electron chi connectivity index (χ0n) is 21.7. The Kier molecular flexibility index (Phi) is 9.20. The summed E-state index contributed by atoms with van der Waals surface area (Å²) in [5, 5.41) is 3.79. The summed E-state index contributed by atoms with van der Waals surface area (Å²) >= 11 is 18.6. The van der Waals surface area contributed by atoms with Gasteiger partial charge in [-0.05, 0) is 85.3 Å². The van der Waals surface area contributed by atoms with Gasteiger partial charge in [0.2, 0.25) is 10.0 Å². The number of sulfonamides is 2. The molecule has 0 heterocycles. The number of anilines is 3. The quantitative estimate of drug-likeness (QED) is 0.203. The fourth-order valence-electron chi connectivity index (χ4n) is 3.85. The van der Waals surface area contributed by atoms with E-state index in [-0.39, 0.29) is 17.0 Å². The lowest BCUT2D eigenvalue weighted by Gasteiger charge is -2.23. The van der Waals surface area contributed by atoms with Crippen LogP contribution in [-0.4, -0.2) is 29.0 Å². The first-order valence-corrected chi connectivity index (χ1v) is 16.4. The van der Waals surface area contributed by atoms with Gasteiger partial charge in [-0.15, -0.1) is 0 Å². The Morgan fingerprint density at radius 2 is 1.34 bits per heavy atom. The van der Waals surface area contributed by atoms with Crippen LogP contribution in [0.5, 0.6) is 0 Å². The normalized spacial score (nSPS) is 11.6. The molecule has 0 saturated carbocycles. The second-order valence-electron chi connectivity index (χ2n) is 9.01. The van der Waals surface area contributed by atoms with Crippen molar-refractivity contribution >= 4 is 77.8 Å². The minimum absolute atomic E-state index is 0.00119. The highest BCUT2D eigenvalue weighted by molar-refractivity contribution is 7.92. The van der Waals surface area contributed by atoms with Crippen molar-refractivity contribution in [2.75, 3.05) is 20.6 Å². The number of hydrogen-bond donors (Lipinski definition) is 2. The molecule has 0 fully saturated rings. The van der Waals surface area contributed by atoms with E-state index in [0.717, 1.165) is 10.6 Å². The van der Waals surface area contributed by atoms with Crippen LogP contribution in [0.2, 0.25) is 15.1 Å². The van der Waals surface area contributed by atoms with Gasteiger partial charge in [0.05, 0.1) is 29.1 Å². The molecule has 4 aromatic carbocycles. The van der Waals surface area contributed by atoms with Crippen molar-refractivity contribution in [1.29, 1.82) is 0 Å². The summed E-state index contributed by atoms with van der Waals surface area (Å²) in [6, 6.07) is 21.4. The van der Waals surface area contributed by atoms with Gasteiger partial charge in [-0.3, -0.25) is 13.8 Å². The number of benzene rings is 4. The molecule has 2 N–H and O–H groups in total. The van der Waals surface area contributed by atoms with Gasteiger partial charge in [-0.25, -0.2) is 16.8 Å². The fourth-order valence-corrected chi connectivity index (χ4v) is 6.53. The minimum Gasteiger partial charge on any atom is -0.322 e. The van der Waals surface area contributed by atoms with Gasteiger partial charge in [-0.1, -0.05) is 46.9 Å². The molecule has 4 rings (SSSR count). The number of carbonyl (C=O) groups is 1. The van der Waals surface area contributed by atoms with Crippen LogP contribution in [0.25, 0.3) is 0 Å². The molecular formula is C28H24Cl3N3O5S2. The van der Waals surface area contributed by atoms with Gasteiger partial charge in [0.25, 0.3) is 15.9 Å². The van der Waals surface area contributed by atoms with Crippen LogP contribution in [0.15, 0.2) is 89.8 Å². The third kappa shape index (κ3) is 7.33. The molecule has 8 nitrogen and oxygen atoms in total. The number of nitrogens with one attached hydrogen (secondary N) is 2. The third-order valence-electron chi connectivity index (χ3n) is 6.12. The maximum absolute atomic E-state index is 12.8. The molecule has 0 aliphatic heterocycles. The summed E-state index contributed by atoms with van der Waals surface area (Å²) in [4.78, 5) is 12.8. The van der Waals surface area contributed by atoms with Crippen LogP contribution in [0.4, 0.5) is 17.1 Å². The van der Waals surface area contributed by atoms with Crippen LogP contribution < -0.4 is 14.3 Å². The summed E-state index contributed by atoms with van der Waals surface area (Å²) in [5.41, 5.74) is 2.35. The first-order chi connectivity index (χ1) is 19.3. The summed E-state index contributed by atoms with van der Waals surface area (Å²) in [5.74, 6) is -0.472. The van der Waals surface area contributed by atoms with Crippen LogP contribution >= 0.6 is 34.8 Å². The van der Waals surface area contributed by atoms with E-state index in [1.807, 2.05) is 0 Å². The van der Waals surface area contributed by atoms with E-state index in [9.17, 15) is 21.6 Å². The standard InChI is InChI=1S/C28H24Cl3N3O5S2/c1-18-24(29)5-4-8-27(18)33-41(38,39)22-15-11-20(12-16-22)32-28(35)19-9-13-21(14-10-19)34(40(2,36)37)17-23-25(30)6-3-7-26(23)31/h3-16,33H,17H2,1-2H3,(H,32,35). The number of nitrogens with zero attached hydrogens (tertiary/aromatic N) is 1. The highest BCUT2D eigenvalue weighted by Crippen LogP contribution is 2.30. The number of hydrogen-bond acceptors (Lipinski definition) is 5. The molecule has 0 aromatic heterocycles. The molecular weight excluding hydrogens is 629 g/mol. The molecule has 0 aliphatic carbocycles. The van der Waals surface area contributed by atoms with Crippen LogP contribution in [0.1, 0.15) is 21.5 Å². The molecule has 0 radical (unpaired) electrons. The molecule has 0 spiro atoms. The maximum atomic E-state index is 12.8. The van der Waals surface area contributed by atoms with Crippen LogP contribution in [0.3, 0.4) is 0 Å². The van der Waals surface area contributed by atoms with E-state index in [2.05, 4.69) is 10.0 Å². The van der Waals surface area contributed by atoms with E-state index < -0.39 is 26.0 Å². The summed E-state index contributed by atoms with van der Waals surface area (Å²) in [6.45, 7) is 1.61. The SMILES string of the molecule is Cc1c(Cl)cccc1NS(=O)(=O)c1ccc(NC(=O)c2ccc(N(Cc3c(Cl)cccc3Cl)S(C)(=O)=O)cc2)cc1. The monoisotopic (exact) mass is 651 g/mol. The average molecular weight is 653 g/mol. The zero-order valence-corrected chi connectivity index (χ0v) is 25.6. The van der Waals surface area contributed by atoms with Crippen LogP contribution in [-0.2, 0) is 26.6 Å².